The Morgan fingerprint density at radius 3 is 2.29 bits per heavy atom. The normalized spacial score (nSPS) is 28.4. The molecule has 1 aromatic carbocycles. The summed E-state index contributed by atoms with van der Waals surface area (Å²) in [7, 11) is 0. The van der Waals surface area contributed by atoms with E-state index in [9.17, 15) is 19.2 Å². The van der Waals surface area contributed by atoms with Crippen LogP contribution in [-0.4, -0.2) is 41.2 Å². The van der Waals surface area contributed by atoms with Crippen molar-refractivity contribution in [2.24, 2.45) is 23.7 Å². The molecule has 2 aliphatic carbocycles. The Kier molecular flexibility index (Phi) is 4.71. The van der Waals surface area contributed by atoms with Gasteiger partial charge in [0.25, 0.3) is 5.91 Å². The van der Waals surface area contributed by atoms with E-state index in [0.717, 1.165) is 11.3 Å². The summed E-state index contributed by atoms with van der Waals surface area (Å²) >= 11 is 5.78. The van der Waals surface area contributed by atoms with Crippen LogP contribution in [0.3, 0.4) is 0 Å². The van der Waals surface area contributed by atoms with Gasteiger partial charge >= 0.3 is 5.97 Å². The molecule has 3 amide bonds. The summed E-state index contributed by atoms with van der Waals surface area (Å²) in [6.07, 6.45) is 4.81. The van der Waals surface area contributed by atoms with Crippen LogP contribution >= 0.6 is 11.6 Å². The Bertz CT molecular complexity index is 851. The van der Waals surface area contributed by atoms with Gasteiger partial charge in [-0.1, -0.05) is 23.8 Å². The molecule has 2 bridgehead atoms. The summed E-state index contributed by atoms with van der Waals surface area (Å²) in [5.74, 6) is -2.54. The second-order valence-corrected chi connectivity index (χ2v) is 7.82. The van der Waals surface area contributed by atoms with Crippen molar-refractivity contribution in [1.82, 2.24) is 4.90 Å². The quantitative estimate of drug-likeness (QED) is 0.462. The number of amides is 3. The van der Waals surface area contributed by atoms with Gasteiger partial charge in [0, 0.05) is 10.7 Å². The van der Waals surface area contributed by atoms with Crippen molar-refractivity contribution in [1.29, 1.82) is 0 Å². The minimum Gasteiger partial charge on any atom is -0.454 e. The molecule has 1 heterocycles. The highest BCUT2D eigenvalue weighted by Crippen LogP contribution is 2.52. The van der Waals surface area contributed by atoms with Gasteiger partial charge in [-0.2, -0.15) is 0 Å². The first-order valence-electron chi connectivity index (χ1n) is 9.14. The first kappa shape index (κ1) is 18.7. The van der Waals surface area contributed by atoms with Crippen molar-refractivity contribution < 1.29 is 23.9 Å². The van der Waals surface area contributed by atoms with Crippen molar-refractivity contribution >= 4 is 41.0 Å². The standard InChI is InChI=1S/C20H19ClN2O5/c1-10(20(27)28-9-15(24)22-14-6-4-13(21)5-7-14)23-18(25)16-11-2-3-12(8-11)17(16)19(23)26/h2-7,10-12,16-17H,8-9H2,1H3,(H,22,24)/t10-,11+,12+,16+,17+/m1/s1. The third-order valence-corrected chi connectivity index (χ3v) is 5.96. The summed E-state index contributed by atoms with van der Waals surface area (Å²) in [4.78, 5) is 50.7. The Labute approximate surface area is 166 Å². The molecule has 0 spiro atoms. The van der Waals surface area contributed by atoms with Gasteiger partial charge in [0.05, 0.1) is 11.8 Å². The van der Waals surface area contributed by atoms with Crippen LogP contribution in [0.15, 0.2) is 36.4 Å². The van der Waals surface area contributed by atoms with Crippen LogP contribution in [0.2, 0.25) is 5.02 Å². The van der Waals surface area contributed by atoms with Gasteiger partial charge < -0.3 is 10.1 Å². The van der Waals surface area contributed by atoms with Crippen LogP contribution in [0.4, 0.5) is 5.69 Å². The molecule has 8 heteroatoms. The van der Waals surface area contributed by atoms with Gasteiger partial charge in [-0.25, -0.2) is 4.79 Å². The maximum Gasteiger partial charge on any atom is 0.329 e. The fourth-order valence-electron chi connectivity index (χ4n) is 4.40. The number of carbonyl (C=O) groups excluding carboxylic acids is 4. The van der Waals surface area contributed by atoms with Crippen molar-refractivity contribution in [3.63, 3.8) is 0 Å². The Hall–Kier alpha value is -2.67. The van der Waals surface area contributed by atoms with Crippen molar-refractivity contribution in [3.05, 3.63) is 41.4 Å². The lowest BCUT2D eigenvalue weighted by Crippen LogP contribution is -2.45. The van der Waals surface area contributed by atoms with E-state index in [2.05, 4.69) is 5.32 Å². The summed E-state index contributed by atoms with van der Waals surface area (Å²) in [5.41, 5.74) is 0.513. The maximum atomic E-state index is 12.7. The smallest absolute Gasteiger partial charge is 0.329 e. The highest BCUT2D eigenvalue weighted by molar-refractivity contribution is 6.30. The van der Waals surface area contributed by atoms with Crippen LogP contribution in [-0.2, 0) is 23.9 Å². The molecule has 7 nitrogen and oxygen atoms in total. The number of imide groups is 1. The minimum absolute atomic E-state index is 0.0739. The minimum atomic E-state index is -1.06. The van der Waals surface area contributed by atoms with Crippen LogP contribution in [0.1, 0.15) is 13.3 Å². The van der Waals surface area contributed by atoms with Gasteiger partial charge in [0.15, 0.2) is 6.61 Å². The van der Waals surface area contributed by atoms with Crippen LogP contribution in [0, 0.1) is 23.7 Å². The molecular formula is C20H19ClN2O5. The number of hydrogen-bond donors (Lipinski definition) is 1. The Morgan fingerprint density at radius 2 is 1.71 bits per heavy atom. The second-order valence-electron chi connectivity index (χ2n) is 7.39. The largest absolute Gasteiger partial charge is 0.454 e. The fourth-order valence-corrected chi connectivity index (χ4v) is 4.53. The van der Waals surface area contributed by atoms with E-state index in [4.69, 9.17) is 16.3 Å². The fraction of sp³-hybridized carbons (Fsp3) is 0.400. The number of hydrogen-bond acceptors (Lipinski definition) is 5. The van der Waals surface area contributed by atoms with E-state index in [1.54, 1.807) is 24.3 Å². The number of allylic oxidation sites excluding steroid dienone is 2. The maximum absolute atomic E-state index is 12.7. The Morgan fingerprint density at radius 1 is 1.14 bits per heavy atom. The van der Waals surface area contributed by atoms with Gasteiger partial charge in [0.2, 0.25) is 11.8 Å². The summed E-state index contributed by atoms with van der Waals surface area (Å²) in [6.45, 7) is 0.938. The molecule has 1 aromatic rings. The molecule has 0 unspecified atom stereocenters. The zero-order chi connectivity index (χ0) is 20.0. The molecule has 0 aromatic heterocycles. The molecule has 1 saturated carbocycles. The molecule has 1 aliphatic heterocycles. The lowest BCUT2D eigenvalue weighted by molar-refractivity contribution is -0.159. The number of benzene rings is 1. The molecule has 2 fully saturated rings. The number of nitrogens with zero attached hydrogens (tertiary/aromatic N) is 1. The summed E-state index contributed by atoms with van der Waals surface area (Å²) < 4.78 is 5.02. The monoisotopic (exact) mass is 402 g/mol. The lowest BCUT2D eigenvalue weighted by atomic mass is 9.85. The molecule has 5 atom stereocenters. The van der Waals surface area contributed by atoms with Crippen LogP contribution < -0.4 is 5.32 Å². The molecule has 1 saturated heterocycles. The average molecular weight is 403 g/mol. The number of nitrogens with one attached hydrogen (secondary N) is 1. The number of carbonyl (C=O) groups is 4. The number of halogens is 1. The number of anilines is 1. The van der Waals surface area contributed by atoms with Crippen molar-refractivity contribution in [2.45, 2.75) is 19.4 Å². The molecule has 4 rings (SSSR count). The predicted molar refractivity (Wildman–Crippen MR) is 100 cm³/mol. The van der Waals surface area contributed by atoms with E-state index in [1.165, 1.54) is 6.92 Å². The molecule has 3 aliphatic rings. The number of ether oxygens (including phenoxy) is 1. The lowest BCUT2D eigenvalue weighted by Gasteiger charge is -2.23. The third kappa shape index (κ3) is 3.09. The number of fused-ring (bicyclic) bond motifs is 5. The zero-order valence-corrected chi connectivity index (χ0v) is 15.9. The topological polar surface area (TPSA) is 92.8 Å². The van der Waals surface area contributed by atoms with Crippen molar-refractivity contribution in [2.75, 3.05) is 11.9 Å². The van der Waals surface area contributed by atoms with Gasteiger partial charge in [0.1, 0.15) is 6.04 Å². The van der Waals surface area contributed by atoms with Gasteiger partial charge in [-0.05, 0) is 49.4 Å². The number of likely N-dealkylation sites (tertiary alicyclic amines) is 1. The van der Waals surface area contributed by atoms with Gasteiger partial charge in [-0.15, -0.1) is 0 Å². The van der Waals surface area contributed by atoms with E-state index < -0.39 is 24.5 Å². The molecule has 0 radical (unpaired) electrons. The number of rotatable bonds is 5. The summed E-state index contributed by atoms with van der Waals surface area (Å²) in [5, 5.41) is 3.11. The summed E-state index contributed by atoms with van der Waals surface area (Å²) in [6, 6.07) is 5.41. The second kappa shape index (κ2) is 7.05. The van der Waals surface area contributed by atoms with Crippen LogP contribution in [0.5, 0.6) is 0 Å². The zero-order valence-electron chi connectivity index (χ0n) is 15.1. The molecule has 146 valence electrons. The first-order valence-corrected chi connectivity index (χ1v) is 9.52. The Balaban J connectivity index is 1.34. The SMILES string of the molecule is C[C@H](C(=O)OCC(=O)Nc1ccc(Cl)cc1)N1C(=O)[C@@H]2[C@@H](C1=O)[C@H]1C=C[C@H]2C1. The predicted octanol–water partition coefficient (Wildman–Crippen LogP) is 2.02. The highest BCUT2D eigenvalue weighted by atomic mass is 35.5. The molecular weight excluding hydrogens is 384 g/mol. The molecule has 1 N–H and O–H groups in total. The van der Waals surface area contributed by atoms with E-state index >= 15 is 0 Å². The van der Waals surface area contributed by atoms with Gasteiger partial charge in [-0.3, -0.25) is 19.3 Å². The first-order chi connectivity index (χ1) is 13.4. The number of esters is 1. The van der Waals surface area contributed by atoms with Crippen LogP contribution in [0.25, 0.3) is 0 Å². The van der Waals surface area contributed by atoms with Crippen molar-refractivity contribution in [3.8, 4) is 0 Å². The average Bonchev–Trinajstić information content (AvgIpc) is 3.35. The van der Waals surface area contributed by atoms with E-state index in [0.29, 0.717) is 10.7 Å². The van der Waals surface area contributed by atoms with E-state index in [-0.39, 0.29) is 35.5 Å². The molecule has 28 heavy (non-hydrogen) atoms. The third-order valence-electron chi connectivity index (χ3n) is 5.71. The highest BCUT2D eigenvalue weighted by Gasteiger charge is 2.60. The van der Waals surface area contributed by atoms with E-state index in [1.807, 2.05) is 12.2 Å².